The summed E-state index contributed by atoms with van der Waals surface area (Å²) < 4.78 is 122. The molecule has 6 aromatic heterocycles. The number of rotatable bonds is 24. The van der Waals surface area contributed by atoms with Crippen molar-refractivity contribution in [3.8, 4) is 0 Å². The Labute approximate surface area is 675 Å². The lowest BCUT2D eigenvalue weighted by Crippen LogP contribution is -2.37. The second kappa shape index (κ2) is 40.9. The molecule has 0 unspecified atom stereocenters. The Morgan fingerprint density at radius 1 is 0.325 bits per heavy atom. The van der Waals surface area contributed by atoms with E-state index in [0.29, 0.717) is 71.7 Å². The van der Waals surface area contributed by atoms with Crippen molar-refractivity contribution in [3.63, 3.8) is 0 Å². The largest absolute Gasteiger partial charge is 0.473 e. The maximum Gasteiger partial charge on any atom is 0.414 e. The summed E-state index contributed by atoms with van der Waals surface area (Å²) in [4.78, 5) is 72.6. The molecule has 614 valence electrons. The van der Waals surface area contributed by atoms with Gasteiger partial charge in [-0.25, -0.2) is 87.5 Å². The Bertz CT molecular complexity index is 5090. The number of fused-ring (bicyclic) bond motifs is 3. The van der Waals surface area contributed by atoms with Crippen molar-refractivity contribution in [1.29, 1.82) is 0 Å². The number of carboxylic acid groups (broad SMARTS) is 4. The Hall–Kier alpha value is -11.4. The molecule has 4 N–H and O–H groups in total. The van der Waals surface area contributed by atoms with Crippen LogP contribution in [-0.4, -0.2) is 204 Å². The predicted octanol–water partition coefficient (Wildman–Crippen LogP) is 11.4. The standard InChI is InChI=1S/3C27H29FN4O2S.2C2H2O4/c3*28-23-10-8-22(9-11-23)20-32-26(30-25-7-4-14-29-27(25)32)19-21-12-15-31(16-13-21)17-18-35(33,34)24-5-2-1-3-6-24;2*3-1(4)2(5)6/h3*1-11,14,21H,12-13,15-20H2;2*(H,3,4)(H,5,6). The van der Waals surface area contributed by atoms with Crippen LogP contribution >= 0.6 is 0 Å². The van der Waals surface area contributed by atoms with Crippen LogP contribution in [0.15, 0.2) is 233 Å². The third kappa shape index (κ3) is 25.1. The van der Waals surface area contributed by atoms with Crippen molar-refractivity contribution in [2.45, 2.75) is 92.1 Å². The molecular formula is C85H91F3N12O14S3. The van der Waals surface area contributed by atoms with Gasteiger partial charge in [0.1, 0.15) is 51.5 Å². The Morgan fingerprint density at radius 2 is 0.556 bits per heavy atom. The van der Waals surface area contributed by atoms with Crippen LogP contribution in [0.1, 0.15) is 72.7 Å². The molecule has 0 amide bonds. The van der Waals surface area contributed by atoms with Gasteiger partial charge in [-0.1, -0.05) is 91.0 Å². The first-order chi connectivity index (χ1) is 56.2. The molecule has 0 spiro atoms. The van der Waals surface area contributed by atoms with Crippen LogP contribution in [0.5, 0.6) is 0 Å². The zero-order valence-electron chi connectivity index (χ0n) is 64.1. The number of pyridine rings is 3. The summed E-state index contributed by atoms with van der Waals surface area (Å²) in [6.45, 7) is 8.73. The molecule has 3 aliphatic heterocycles. The minimum absolute atomic E-state index is 0.140. The van der Waals surface area contributed by atoms with Gasteiger partial charge in [-0.15, -0.1) is 0 Å². The van der Waals surface area contributed by atoms with Gasteiger partial charge < -0.3 is 48.8 Å². The van der Waals surface area contributed by atoms with E-state index in [9.17, 15) is 38.4 Å². The van der Waals surface area contributed by atoms with E-state index in [2.05, 4.69) is 43.4 Å². The lowest BCUT2D eigenvalue weighted by molar-refractivity contribution is -0.159. The number of hydrogen-bond donors (Lipinski definition) is 4. The molecule has 0 radical (unpaired) electrons. The van der Waals surface area contributed by atoms with Gasteiger partial charge >= 0.3 is 23.9 Å². The average Bonchev–Trinajstić information content (AvgIpc) is 1.67. The Balaban J connectivity index is 0.000000161. The van der Waals surface area contributed by atoms with Gasteiger partial charge in [-0.2, -0.15) is 0 Å². The van der Waals surface area contributed by atoms with E-state index in [-0.39, 0.29) is 34.7 Å². The Kier molecular flexibility index (Phi) is 30.2. The van der Waals surface area contributed by atoms with Gasteiger partial charge in [0, 0.05) is 57.5 Å². The summed E-state index contributed by atoms with van der Waals surface area (Å²) in [6.07, 6.45) is 13.8. The maximum atomic E-state index is 13.4. The second-order valence-electron chi connectivity index (χ2n) is 28.8. The topological polar surface area (TPSA) is 353 Å². The van der Waals surface area contributed by atoms with Gasteiger partial charge in [-0.05, 0) is 221 Å². The van der Waals surface area contributed by atoms with Crippen molar-refractivity contribution in [2.24, 2.45) is 17.8 Å². The summed E-state index contributed by atoms with van der Waals surface area (Å²) in [5, 5.41) is 29.6. The molecule has 0 atom stereocenters. The molecule has 0 bridgehead atoms. The average molecular weight is 1660 g/mol. The molecule has 6 aromatic carbocycles. The molecule has 12 aromatic rings. The number of carboxylic acids is 4. The van der Waals surface area contributed by atoms with E-state index >= 15 is 0 Å². The summed E-state index contributed by atoms with van der Waals surface area (Å²) in [5.41, 5.74) is 8.15. The van der Waals surface area contributed by atoms with Gasteiger partial charge in [0.15, 0.2) is 46.5 Å². The highest BCUT2D eigenvalue weighted by Crippen LogP contribution is 2.30. The highest BCUT2D eigenvalue weighted by Gasteiger charge is 2.29. The smallest absolute Gasteiger partial charge is 0.414 e. The van der Waals surface area contributed by atoms with Gasteiger partial charge in [0.25, 0.3) is 0 Å². The highest BCUT2D eigenvalue weighted by atomic mass is 32.2. The van der Waals surface area contributed by atoms with Crippen LogP contribution in [0, 0.1) is 35.2 Å². The minimum atomic E-state index is -3.26. The molecule has 26 nitrogen and oxygen atoms in total. The first-order valence-electron chi connectivity index (χ1n) is 38.3. The van der Waals surface area contributed by atoms with Crippen LogP contribution in [-0.2, 0) is 87.6 Å². The van der Waals surface area contributed by atoms with Crippen LogP contribution in [0.2, 0.25) is 0 Å². The molecule has 3 fully saturated rings. The number of imidazole rings is 3. The number of halogens is 3. The maximum absolute atomic E-state index is 13.4. The van der Waals surface area contributed by atoms with E-state index in [1.54, 1.807) is 128 Å². The zero-order chi connectivity index (χ0) is 83.1. The third-order valence-corrected chi connectivity index (χ3v) is 25.9. The van der Waals surface area contributed by atoms with Crippen LogP contribution in [0.25, 0.3) is 33.5 Å². The normalized spacial score (nSPS) is 14.7. The quantitative estimate of drug-likeness (QED) is 0.0408. The fraction of sp³-hybridized carbons (Fsp3) is 0.318. The first-order valence-corrected chi connectivity index (χ1v) is 43.2. The number of benzene rings is 6. The molecular weight excluding hydrogens is 1570 g/mol. The number of carbonyl (C=O) groups is 4. The van der Waals surface area contributed by atoms with E-state index < -0.39 is 53.4 Å². The number of nitrogens with zero attached hydrogens (tertiary/aromatic N) is 12. The fourth-order valence-corrected chi connectivity index (χ4v) is 18.2. The number of aliphatic carboxylic acids is 4. The van der Waals surface area contributed by atoms with E-state index in [0.717, 1.165) is 165 Å². The van der Waals surface area contributed by atoms with Crippen molar-refractivity contribution in [2.75, 3.05) is 76.2 Å². The molecule has 3 saturated heterocycles. The number of aromatic nitrogens is 9. The van der Waals surface area contributed by atoms with Crippen molar-refractivity contribution < 1.29 is 78.0 Å². The molecule has 0 aliphatic carbocycles. The SMILES string of the molecule is O=C(O)C(=O)O.O=C(O)C(=O)O.O=S(=O)(CCN1CCC(Cc2nc3cccnc3n2Cc2ccc(F)cc2)CC1)c1ccccc1.O=S(=O)(CCN1CCC(Cc2nc3cccnc3n2Cc2ccc(F)cc2)CC1)c1ccccc1.O=S(=O)(CCN1CCC(Cc2nc3cccnc3n2Cc2ccc(F)cc2)CC1)c1ccccc1. The molecule has 0 saturated carbocycles. The van der Waals surface area contributed by atoms with E-state index in [1.165, 1.54) is 36.4 Å². The molecule has 117 heavy (non-hydrogen) atoms. The molecule has 32 heteroatoms. The number of sulfone groups is 3. The predicted molar refractivity (Wildman–Crippen MR) is 434 cm³/mol. The number of hydrogen-bond acceptors (Lipinski definition) is 19. The Morgan fingerprint density at radius 3 is 0.778 bits per heavy atom. The van der Waals surface area contributed by atoms with Gasteiger partial charge in [0.05, 0.1) is 51.6 Å². The second-order valence-corrected chi connectivity index (χ2v) is 35.2. The van der Waals surface area contributed by atoms with Gasteiger partial charge in [0.2, 0.25) is 0 Å². The highest BCUT2D eigenvalue weighted by molar-refractivity contribution is 7.92. The number of piperidine rings is 3. The van der Waals surface area contributed by atoms with E-state index in [4.69, 9.17) is 54.6 Å². The summed E-state index contributed by atoms with van der Waals surface area (Å²) in [7, 11) is -9.78. The summed E-state index contributed by atoms with van der Waals surface area (Å²) in [5.74, 6) is -3.21. The van der Waals surface area contributed by atoms with Crippen molar-refractivity contribution in [1.82, 2.24) is 58.3 Å². The third-order valence-electron chi connectivity index (χ3n) is 20.7. The lowest BCUT2D eigenvalue weighted by atomic mass is 9.93. The molecule has 15 rings (SSSR count). The molecule has 3 aliphatic rings. The van der Waals surface area contributed by atoms with Crippen LogP contribution < -0.4 is 0 Å². The summed E-state index contributed by atoms with van der Waals surface area (Å²) >= 11 is 0. The van der Waals surface area contributed by atoms with Crippen LogP contribution in [0.4, 0.5) is 13.2 Å². The van der Waals surface area contributed by atoms with Crippen LogP contribution in [0.3, 0.4) is 0 Å². The molecule has 9 heterocycles. The lowest BCUT2D eigenvalue weighted by Gasteiger charge is -2.31. The fourth-order valence-electron chi connectivity index (χ4n) is 14.3. The minimum Gasteiger partial charge on any atom is -0.473 e. The first kappa shape index (κ1) is 86.4. The van der Waals surface area contributed by atoms with Gasteiger partial charge in [-0.3, -0.25) is 0 Å². The summed E-state index contributed by atoms with van der Waals surface area (Å²) in [6, 6.07) is 57.3. The van der Waals surface area contributed by atoms with Crippen molar-refractivity contribution >= 4 is 86.9 Å². The number of likely N-dealkylation sites (tertiary alicyclic amines) is 3. The van der Waals surface area contributed by atoms with E-state index in [1.807, 2.05) is 54.6 Å². The van der Waals surface area contributed by atoms with Crippen molar-refractivity contribution in [3.05, 3.63) is 270 Å². The monoisotopic (exact) mass is 1660 g/mol. The zero-order valence-corrected chi connectivity index (χ0v) is 66.5.